The Balaban J connectivity index is 2.46. The van der Waals surface area contributed by atoms with Crippen LogP contribution < -0.4 is 5.73 Å². The highest BCUT2D eigenvalue weighted by atomic mass is 16.1. The van der Waals surface area contributed by atoms with Crippen molar-refractivity contribution < 1.29 is 4.79 Å². The highest BCUT2D eigenvalue weighted by molar-refractivity contribution is 5.89. The van der Waals surface area contributed by atoms with Gasteiger partial charge in [-0.2, -0.15) is 0 Å². The van der Waals surface area contributed by atoms with Gasteiger partial charge >= 0.3 is 0 Å². The third-order valence-corrected chi connectivity index (χ3v) is 2.24. The lowest BCUT2D eigenvalue weighted by Crippen LogP contribution is -2.41. The first kappa shape index (κ1) is 9.46. The Hall–Kier alpha value is -0.630. The molecule has 2 heteroatoms. The second-order valence-corrected chi connectivity index (χ2v) is 4.08. The van der Waals surface area contributed by atoms with Gasteiger partial charge in [0.05, 0.1) is 5.54 Å². The first-order chi connectivity index (χ1) is 5.50. The van der Waals surface area contributed by atoms with Gasteiger partial charge in [-0.1, -0.05) is 11.6 Å². The summed E-state index contributed by atoms with van der Waals surface area (Å²) < 4.78 is 0. The van der Waals surface area contributed by atoms with Crippen molar-refractivity contribution in [2.75, 3.05) is 0 Å². The van der Waals surface area contributed by atoms with Crippen LogP contribution in [0.4, 0.5) is 0 Å². The van der Waals surface area contributed by atoms with E-state index < -0.39 is 5.54 Å². The minimum absolute atomic E-state index is 0.149. The van der Waals surface area contributed by atoms with E-state index in [0.29, 0.717) is 6.42 Å². The van der Waals surface area contributed by atoms with Gasteiger partial charge in [0.25, 0.3) is 0 Å². The summed E-state index contributed by atoms with van der Waals surface area (Å²) in [6.45, 7) is 3.54. The van der Waals surface area contributed by atoms with Crippen molar-refractivity contribution in [3.8, 4) is 0 Å². The van der Waals surface area contributed by atoms with Crippen molar-refractivity contribution in [3.05, 3.63) is 11.6 Å². The van der Waals surface area contributed by atoms with Gasteiger partial charge in [0, 0.05) is 6.42 Å². The fourth-order valence-electron chi connectivity index (χ4n) is 1.33. The molecule has 2 N–H and O–H groups in total. The van der Waals surface area contributed by atoms with Crippen LogP contribution in [-0.4, -0.2) is 11.3 Å². The lowest BCUT2D eigenvalue weighted by Gasteiger charge is -2.16. The van der Waals surface area contributed by atoms with Gasteiger partial charge in [0.15, 0.2) is 5.78 Å². The number of carbonyl (C=O) groups is 1. The largest absolute Gasteiger partial charge is 0.319 e. The van der Waals surface area contributed by atoms with Crippen LogP contribution in [0.15, 0.2) is 11.6 Å². The maximum atomic E-state index is 11.5. The van der Waals surface area contributed by atoms with Crippen LogP contribution in [0, 0.1) is 0 Å². The second kappa shape index (κ2) is 3.40. The first-order valence-corrected chi connectivity index (χ1v) is 4.50. The molecule has 0 saturated heterocycles. The van der Waals surface area contributed by atoms with Crippen molar-refractivity contribution in [3.63, 3.8) is 0 Å². The lowest BCUT2D eigenvalue weighted by atomic mass is 9.94. The molecule has 0 fully saturated rings. The summed E-state index contributed by atoms with van der Waals surface area (Å²) in [6, 6.07) is 0. The maximum Gasteiger partial charge on any atom is 0.156 e. The van der Waals surface area contributed by atoms with Crippen LogP contribution in [0.5, 0.6) is 0 Å². The molecule has 1 aliphatic rings. The Morgan fingerprint density at radius 1 is 1.67 bits per heavy atom. The zero-order valence-corrected chi connectivity index (χ0v) is 7.89. The predicted molar refractivity (Wildman–Crippen MR) is 49.8 cm³/mol. The van der Waals surface area contributed by atoms with E-state index >= 15 is 0 Å². The van der Waals surface area contributed by atoms with Gasteiger partial charge in [-0.3, -0.25) is 4.79 Å². The van der Waals surface area contributed by atoms with Gasteiger partial charge in [-0.25, -0.2) is 0 Å². The van der Waals surface area contributed by atoms with Crippen LogP contribution in [0.2, 0.25) is 0 Å². The predicted octanol–water partition coefficient (Wildman–Crippen LogP) is 1.79. The molecule has 0 aromatic carbocycles. The number of nitrogens with two attached hydrogens (primary N) is 1. The first-order valence-electron chi connectivity index (χ1n) is 4.50. The van der Waals surface area contributed by atoms with Gasteiger partial charge in [0.2, 0.25) is 0 Å². The van der Waals surface area contributed by atoms with Gasteiger partial charge in [0.1, 0.15) is 0 Å². The van der Waals surface area contributed by atoms with E-state index in [2.05, 4.69) is 6.08 Å². The van der Waals surface area contributed by atoms with E-state index in [9.17, 15) is 4.79 Å². The average Bonchev–Trinajstić information content (AvgIpc) is 2.37. The van der Waals surface area contributed by atoms with Crippen molar-refractivity contribution in [1.29, 1.82) is 0 Å². The molecule has 1 rings (SSSR count). The summed E-state index contributed by atoms with van der Waals surface area (Å²) in [5.74, 6) is 0.149. The molecule has 0 unspecified atom stereocenters. The normalized spacial score (nSPS) is 17.8. The number of hydrogen-bond donors (Lipinski definition) is 1. The fourth-order valence-corrected chi connectivity index (χ4v) is 1.33. The molecule has 0 bridgehead atoms. The summed E-state index contributed by atoms with van der Waals surface area (Å²) in [6.07, 6.45) is 6.15. The van der Waals surface area contributed by atoms with Crippen molar-refractivity contribution in [2.45, 2.75) is 45.1 Å². The number of rotatable bonds is 3. The Kier molecular flexibility index (Phi) is 2.68. The molecule has 0 aliphatic heterocycles. The molecule has 0 amide bonds. The number of Topliss-reactive ketones (excluding diaryl/α,β-unsaturated/α-hetero) is 1. The Morgan fingerprint density at radius 3 is 2.75 bits per heavy atom. The van der Waals surface area contributed by atoms with Gasteiger partial charge in [-0.15, -0.1) is 0 Å². The summed E-state index contributed by atoms with van der Waals surface area (Å²) in [7, 11) is 0. The van der Waals surface area contributed by atoms with E-state index in [1.54, 1.807) is 13.8 Å². The Morgan fingerprint density at radius 2 is 2.33 bits per heavy atom. The molecule has 12 heavy (non-hydrogen) atoms. The van der Waals surface area contributed by atoms with E-state index in [1.807, 2.05) is 0 Å². The third-order valence-electron chi connectivity index (χ3n) is 2.24. The zero-order valence-electron chi connectivity index (χ0n) is 7.89. The number of allylic oxidation sites excluding steroid dienone is 2. The highest BCUT2D eigenvalue weighted by Gasteiger charge is 2.22. The van der Waals surface area contributed by atoms with Crippen molar-refractivity contribution >= 4 is 5.78 Å². The summed E-state index contributed by atoms with van der Waals surface area (Å²) in [5, 5.41) is 0. The maximum absolute atomic E-state index is 11.5. The smallest absolute Gasteiger partial charge is 0.156 e. The SMILES string of the molecule is CC(C)(N)C(=O)CC1=CCCC1. The molecule has 0 saturated carbocycles. The Bertz CT molecular complexity index is 210. The van der Waals surface area contributed by atoms with Crippen molar-refractivity contribution in [2.24, 2.45) is 5.73 Å². The van der Waals surface area contributed by atoms with Crippen LogP contribution >= 0.6 is 0 Å². The van der Waals surface area contributed by atoms with Gasteiger partial charge in [-0.05, 0) is 33.1 Å². The monoisotopic (exact) mass is 167 g/mol. The molecule has 0 aromatic heterocycles. The Labute approximate surface area is 73.8 Å². The molecule has 2 nitrogen and oxygen atoms in total. The summed E-state index contributed by atoms with van der Waals surface area (Å²) in [5.41, 5.74) is 6.29. The highest BCUT2D eigenvalue weighted by Crippen LogP contribution is 2.22. The molecule has 0 radical (unpaired) electrons. The number of carbonyl (C=O) groups excluding carboxylic acids is 1. The summed E-state index contributed by atoms with van der Waals surface area (Å²) in [4.78, 5) is 11.5. The number of ketones is 1. The quantitative estimate of drug-likeness (QED) is 0.651. The molecule has 1 aliphatic carbocycles. The lowest BCUT2D eigenvalue weighted by molar-refractivity contribution is -0.122. The minimum atomic E-state index is -0.663. The molecule has 0 spiro atoms. The van der Waals surface area contributed by atoms with E-state index in [1.165, 1.54) is 12.0 Å². The van der Waals surface area contributed by atoms with Crippen molar-refractivity contribution in [1.82, 2.24) is 0 Å². The minimum Gasteiger partial charge on any atom is -0.319 e. The molecule has 0 heterocycles. The summed E-state index contributed by atoms with van der Waals surface area (Å²) >= 11 is 0. The molecular weight excluding hydrogens is 150 g/mol. The molecule has 68 valence electrons. The second-order valence-electron chi connectivity index (χ2n) is 4.08. The standard InChI is InChI=1S/C10H17NO/c1-10(2,11)9(12)7-8-5-3-4-6-8/h5H,3-4,6-7,11H2,1-2H3. The topological polar surface area (TPSA) is 43.1 Å². The van der Waals surface area contributed by atoms with Crippen LogP contribution in [-0.2, 0) is 4.79 Å². The third kappa shape index (κ3) is 2.45. The van der Waals surface area contributed by atoms with E-state index in [4.69, 9.17) is 5.73 Å². The van der Waals surface area contributed by atoms with E-state index in [-0.39, 0.29) is 5.78 Å². The van der Waals surface area contributed by atoms with Gasteiger partial charge < -0.3 is 5.73 Å². The molecule has 0 atom stereocenters. The zero-order chi connectivity index (χ0) is 9.19. The van der Waals surface area contributed by atoms with E-state index in [0.717, 1.165) is 12.8 Å². The van der Waals surface area contributed by atoms with Crippen LogP contribution in [0.1, 0.15) is 39.5 Å². The van der Waals surface area contributed by atoms with Crippen LogP contribution in [0.25, 0.3) is 0 Å². The number of hydrogen-bond acceptors (Lipinski definition) is 2. The van der Waals surface area contributed by atoms with Crippen LogP contribution in [0.3, 0.4) is 0 Å². The molecular formula is C10H17NO. The molecule has 0 aromatic rings. The average molecular weight is 167 g/mol. The fraction of sp³-hybridized carbons (Fsp3) is 0.700.